The van der Waals surface area contributed by atoms with Crippen LogP contribution in [-0.2, 0) is 9.53 Å². The van der Waals surface area contributed by atoms with E-state index >= 15 is 0 Å². The van der Waals surface area contributed by atoms with Gasteiger partial charge in [-0.3, -0.25) is 9.69 Å². The molecule has 24 heavy (non-hydrogen) atoms. The number of hydrogen-bond acceptors (Lipinski definition) is 3. The monoisotopic (exact) mass is 326 g/mol. The average Bonchev–Trinajstić information content (AvgIpc) is 3.32. The Morgan fingerprint density at radius 2 is 2.17 bits per heavy atom. The third-order valence-electron chi connectivity index (χ3n) is 6.08. The number of benzene rings is 1. The van der Waals surface area contributed by atoms with Crippen LogP contribution in [0, 0.1) is 5.41 Å². The van der Waals surface area contributed by atoms with Crippen molar-refractivity contribution in [3.8, 4) is 0 Å². The van der Waals surface area contributed by atoms with Crippen molar-refractivity contribution in [3.05, 3.63) is 48.6 Å². The molecule has 3 fully saturated rings. The van der Waals surface area contributed by atoms with Crippen LogP contribution in [0.2, 0.25) is 0 Å². The quantitative estimate of drug-likeness (QED) is 0.796. The number of amides is 1. The molecule has 1 spiro atoms. The summed E-state index contributed by atoms with van der Waals surface area (Å²) in [6.07, 6.45) is 3.87. The lowest BCUT2D eigenvalue weighted by molar-refractivity contribution is -0.135. The molecule has 3 saturated heterocycles. The fourth-order valence-electron chi connectivity index (χ4n) is 4.80. The highest BCUT2D eigenvalue weighted by Crippen LogP contribution is 2.50. The predicted octanol–water partition coefficient (Wildman–Crippen LogP) is 2.28. The van der Waals surface area contributed by atoms with E-state index in [1.807, 2.05) is 17.0 Å². The van der Waals surface area contributed by atoms with E-state index in [4.69, 9.17) is 4.74 Å². The minimum atomic E-state index is -0.271. The lowest BCUT2D eigenvalue weighted by Crippen LogP contribution is -2.41. The first-order chi connectivity index (χ1) is 11.7. The predicted molar refractivity (Wildman–Crippen MR) is 93.8 cm³/mol. The molecule has 4 rings (SSSR count). The van der Waals surface area contributed by atoms with Gasteiger partial charge >= 0.3 is 0 Å². The van der Waals surface area contributed by atoms with E-state index in [1.165, 1.54) is 5.56 Å². The minimum Gasteiger partial charge on any atom is -0.380 e. The number of carbonyl (C=O) groups excluding carboxylic acids is 1. The molecule has 3 atom stereocenters. The highest BCUT2D eigenvalue weighted by Gasteiger charge is 2.57. The lowest BCUT2D eigenvalue weighted by Gasteiger charge is -2.29. The largest absolute Gasteiger partial charge is 0.380 e. The molecule has 3 aliphatic heterocycles. The van der Waals surface area contributed by atoms with Crippen molar-refractivity contribution in [3.63, 3.8) is 0 Å². The Labute approximate surface area is 144 Å². The Balaban J connectivity index is 1.66. The Bertz CT molecular complexity index is 611. The highest BCUT2D eigenvalue weighted by atomic mass is 16.5. The van der Waals surface area contributed by atoms with Crippen molar-refractivity contribution in [2.24, 2.45) is 5.41 Å². The van der Waals surface area contributed by atoms with Crippen LogP contribution in [0.15, 0.2) is 43.0 Å². The summed E-state index contributed by atoms with van der Waals surface area (Å²) in [5.41, 5.74) is 1.03. The fraction of sp³-hybridized carbons (Fsp3) is 0.550. The first kappa shape index (κ1) is 15.9. The second-order valence-electron chi connectivity index (χ2n) is 7.36. The number of hydrogen-bond donors (Lipinski definition) is 0. The maximum atomic E-state index is 13.3. The number of likely N-dealkylation sites (tertiary alicyclic amines) is 2. The molecular formula is C20H26N2O2. The molecule has 1 amide bonds. The van der Waals surface area contributed by atoms with Crippen molar-refractivity contribution in [2.45, 2.75) is 24.8 Å². The van der Waals surface area contributed by atoms with Crippen molar-refractivity contribution in [1.82, 2.24) is 9.80 Å². The number of carbonyl (C=O) groups is 1. The minimum absolute atomic E-state index is 0.271. The molecule has 0 N–H and O–H groups in total. The molecule has 0 saturated carbocycles. The highest BCUT2D eigenvalue weighted by molar-refractivity contribution is 5.87. The second kappa shape index (κ2) is 6.34. The van der Waals surface area contributed by atoms with Gasteiger partial charge in [0.05, 0.1) is 12.0 Å². The second-order valence-corrected chi connectivity index (χ2v) is 7.36. The van der Waals surface area contributed by atoms with Gasteiger partial charge in [0, 0.05) is 44.7 Å². The third-order valence-corrected chi connectivity index (χ3v) is 6.08. The summed E-state index contributed by atoms with van der Waals surface area (Å²) < 4.78 is 5.60. The van der Waals surface area contributed by atoms with Gasteiger partial charge in [-0.15, -0.1) is 6.58 Å². The Hall–Kier alpha value is -1.65. The van der Waals surface area contributed by atoms with Gasteiger partial charge in [-0.05, 0) is 18.4 Å². The van der Waals surface area contributed by atoms with Gasteiger partial charge in [0.25, 0.3) is 0 Å². The van der Waals surface area contributed by atoms with Gasteiger partial charge in [-0.1, -0.05) is 36.4 Å². The van der Waals surface area contributed by atoms with Crippen molar-refractivity contribution in [1.29, 1.82) is 0 Å². The van der Waals surface area contributed by atoms with Gasteiger partial charge in [-0.25, -0.2) is 0 Å². The van der Waals surface area contributed by atoms with E-state index in [0.717, 1.165) is 45.7 Å². The number of nitrogens with zero attached hydrogens (tertiary/aromatic N) is 2. The van der Waals surface area contributed by atoms with E-state index in [1.54, 1.807) is 0 Å². The molecule has 128 valence electrons. The van der Waals surface area contributed by atoms with Crippen LogP contribution in [0.25, 0.3) is 0 Å². The summed E-state index contributed by atoms with van der Waals surface area (Å²) in [6, 6.07) is 11.1. The first-order valence-electron chi connectivity index (χ1n) is 9.01. The maximum Gasteiger partial charge on any atom is 0.231 e. The fourth-order valence-corrected chi connectivity index (χ4v) is 4.80. The molecule has 1 aromatic carbocycles. The third kappa shape index (κ3) is 2.49. The molecule has 1 aromatic rings. The molecule has 0 aliphatic carbocycles. The van der Waals surface area contributed by atoms with Crippen molar-refractivity contribution < 1.29 is 9.53 Å². The van der Waals surface area contributed by atoms with Crippen molar-refractivity contribution >= 4 is 5.91 Å². The first-order valence-corrected chi connectivity index (χ1v) is 9.01. The summed E-state index contributed by atoms with van der Waals surface area (Å²) >= 11 is 0. The van der Waals surface area contributed by atoms with E-state index in [9.17, 15) is 4.79 Å². The molecule has 0 radical (unpaired) electrons. The van der Waals surface area contributed by atoms with Gasteiger partial charge < -0.3 is 9.64 Å². The number of rotatable bonds is 4. The molecule has 3 heterocycles. The summed E-state index contributed by atoms with van der Waals surface area (Å²) in [7, 11) is 0. The molecule has 4 nitrogen and oxygen atoms in total. The zero-order valence-electron chi connectivity index (χ0n) is 14.2. The van der Waals surface area contributed by atoms with Crippen LogP contribution in [0.3, 0.4) is 0 Å². The van der Waals surface area contributed by atoms with Gasteiger partial charge in [0.2, 0.25) is 5.91 Å². The van der Waals surface area contributed by atoms with Crippen LogP contribution in [0.4, 0.5) is 0 Å². The zero-order chi connectivity index (χ0) is 16.6. The van der Waals surface area contributed by atoms with Crippen LogP contribution in [-0.4, -0.2) is 61.1 Å². The Kier molecular flexibility index (Phi) is 4.19. The van der Waals surface area contributed by atoms with E-state index in [-0.39, 0.29) is 11.3 Å². The molecular weight excluding hydrogens is 300 g/mol. The molecule has 4 heteroatoms. The van der Waals surface area contributed by atoms with Crippen LogP contribution in [0.1, 0.15) is 24.3 Å². The smallest absolute Gasteiger partial charge is 0.231 e. The van der Waals surface area contributed by atoms with E-state index in [0.29, 0.717) is 18.5 Å². The van der Waals surface area contributed by atoms with E-state index in [2.05, 4.69) is 35.7 Å². The van der Waals surface area contributed by atoms with Gasteiger partial charge in [-0.2, -0.15) is 0 Å². The normalized spacial score (nSPS) is 33.7. The summed E-state index contributed by atoms with van der Waals surface area (Å²) in [5.74, 6) is 0.597. The number of ether oxygens (including phenoxy) is 1. The molecule has 1 unspecified atom stereocenters. The standard InChI is InChI=1S/C20H26N2O2/c1-2-10-21-11-9-20(19(21)23)15-22(17-8-12-24-14-17)13-18(20)16-6-4-3-5-7-16/h2-7,17-18H,1,8-15H2/t17?,18-,20+/m0/s1. The maximum absolute atomic E-state index is 13.3. The lowest BCUT2D eigenvalue weighted by atomic mass is 9.73. The van der Waals surface area contributed by atoms with Crippen LogP contribution >= 0.6 is 0 Å². The van der Waals surface area contributed by atoms with Gasteiger partial charge in [0.15, 0.2) is 0 Å². The average molecular weight is 326 g/mol. The zero-order valence-corrected chi connectivity index (χ0v) is 14.2. The van der Waals surface area contributed by atoms with Crippen molar-refractivity contribution in [2.75, 3.05) is 39.4 Å². The van der Waals surface area contributed by atoms with Crippen LogP contribution in [0.5, 0.6) is 0 Å². The summed E-state index contributed by atoms with van der Waals surface area (Å²) in [4.78, 5) is 17.8. The molecule has 0 bridgehead atoms. The molecule has 3 aliphatic rings. The Morgan fingerprint density at radius 3 is 2.88 bits per heavy atom. The van der Waals surface area contributed by atoms with Crippen LogP contribution < -0.4 is 0 Å². The van der Waals surface area contributed by atoms with E-state index < -0.39 is 0 Å². The summed E-state index contributed by atoms with van der Waals surface area (Å²) in [5, 5.41) is 0. The topological polar surface area (TPSA) is 32.8 Å². The molecule has 0 aromatic heterocycles. The van der Waals surface area contributed by atoms with Gasteiger partial charge in [0.1, 0.15) is 0 Å². The SMILES string of the molecule is C=CCN1CC[C@]2(CN(C3CCOC3)C[C@H]2c2ccccc2)C1=O. The Morgan fingerprint density at radius 1 is 1.33 bits per heavy atom. The summed E-state index contributed by atoms with van der Waals surface area (Å²) in [6.45, 7) is 8.81.